The largest absolute Gasteiger partial charge is 0.325 e. The number of hydrogen-bond acceptors (Lipinski definition) is 2. The van der Waals surface area contributed by atoms with Crippen molar-refractivity contribution in [2.75, 3.05) is 0 Å². The van der Waals surface area contributed by atoms with Crippen LogP contribution in [0.1, 0.15) is 32.6 Å². The van der Waals surface area contributed by atoms with E-state index in [9.17, 15) is 9.59 Å². The highest BCUT2D eigenvalue weighted by Crippen LogP contribution is 2.38. The molecule has 1 unspecified atom stereocenters. The minimum Gasteiger partial charge on any atom is -0.325 e. The molecule has 0 saturated heterocycles. The van der Waals surface area contributed by atoms with Gasteiger partial charge in [-0.1, -0.05) is 12.2 Å². The third-order valence-electron chi connectivity index (χ3n) is 4.06. The number of carbonyl (C=O) groups is 2. The normalized spacial score (nSPS) is 26.5. The van der Waals surface area contributed by atoms with Crippen LogP contribution in [0.5, 0.6) is 0 Å². The molecule has 21 heavy (non-hydrogen) atoms. The van der Waals surface area contributed by atoms with E-state index in [-0.39, 0.29) is 17.7 Å². The van der Waals surface area contributed by atoms with Crippen molar-refractivity contribution in [1.29, 1.82) is 0 Å². The Balaban J connectivity index is 1.92. The van der Waals surface area contributed by atoms with Crippen LogP contribution in [0.25, 0.3) is 0 Å². The highest BCUT2D eigenvalue weighted by Gasteiger charge is 2.32. The van der Waals surface area contributed by atoms with E-state index >= 15 is 0 Å². The molecule has 2 aliphatic carbocycles. The maximum Gasteiger partial charge on any atom is 0.269 e. The van der Waals surface area contributed by atoms with E-state index in [2.05, 4.69) is 10.3 Å². The molecule has 3 rings (SSSR count). The van der Waals surface area contributed by atoms with Gasteiger partial charge in [-0.3, -0.25) is 9.59 Å². The van der Waals surface area contributed by atoms with Crippen LogP contribution in [0, 0.1) is 5.92 Å². The van der Waals surface area contributed by atoms with Crippen molar-refractivity contribution < 1.29 is 9.59 Å². The van der Waals surface area contributed by atoms with Crippen LogP contribution >= 0.6 is 0 Å². The summed E-state index contributed by atoms with van der Waals surface area (Å²) in [5, 5.41) is 2.96. The summed E-state index contributed by atoms with van der Waals surface area (Å²) in [5.41, 5.74) is 3.63. The predicted molar refractivity (Wildman–Crippen MR) is 81.6 cm³/mol. The van der Waals surface area contributed by atoms with Gasteiger partial charge in [-0.2, -0.15) is 0 Å². The number of nitrogens with zero attached hydrogens (tertiary/aromatic N) is 1. The molecule has 1 heterocycles. The Labute approximate surface area is 124 Å². The van der Waals surface area contributed by atoms with Crippen LogP contribution in [-0.4, -0.2) is 17.5 Å². The highest BCUT2D eigenvalue weighted by molar-refractivity contribution is 6.13. The molecule has 1 atom stereocenters. The number of amides is 2. The fraction of sp³-hybridized carbons (Fsp3) is 0.353. The van der Waals surface area contributed by atoms with Gasteiger partial charge in [0.1, 0.15) is 0 Å². The van der Waals surface area contributed by atoms with Crippen molar-refractivity contribution >= 4 is 17.5 Å². The molecule has 0 aromatic carbocycles. The summed E-state index contributed by atoms with van der Waals surface area (Å²) in [4.78, 5) is 27.7. The van der Waals surface area contributed by atoms with E-state index in [1.54, 1.807) is 13.0 Å². The number of fused-ring (bicyclic) bond motifs is 2. The van der Waals surface area contributed by atoms with Gasteiger partial charge in [-0.15, -0.1) is 0 Å². The molecule has 0 aromatic rings. The van der Waals surface area contributed by atoms with E-state index in [4.69, 9.17) is 0 Å². The minimum absolute atomic E-state index is 0.0154. The van der Waals surface area contributed by atoms with Crippen molar-refractivity contribution in [3.63, 3.8) is 0 Å². The van der Waals surface area contributed by atoms with Crippen LogP contribution in [0.4, 0.5) is 0 Å². The minimum atomic E-state index is -0.285. The Hall–Kier alpha value is -2.23. The van der Waals surface area contributed by atoms with Gasteiger partial charge >= 0.3 is 0 Å². The molecule has 1 N–H and O–H groups in total. The smallest absolute Gasteiger partial charge is 0.269 e. The third-order valence-corrected chi connectivity index (χ3v) is 4.06. The zero-order valence-corrected chi connectivity index (χ0v) is 12.1. The van der Waals surface area contributed by atoms with E-state index < -0.39 is 0 Å². The predicted octanol–water partition coefficient (Wildman–Crippen LogP) is 2.60. The molecule has 0 fully saturated rings. The van der Waals surface area contributed by atoms with Crippen molar-refractivity contribution in [3.8, 4) is 0 Å². The van der Waals surface area contributed by atoms with Gasteiger partial charge in [0.2, 0.25) is 0 Å². The van der Waals surface area contributed by atoms with E-state index in [0.29, 0.717) is 5.71 Å². The topological polar surface area (TPSA) is 58.5 Å². The lowest BCUT2D eigenvalue weighted by atomic mass is 9.77. The Morgan fingerprint density at radius 3 is 3.00 bits per heavy atom. The molecule has 2 amide bonds. The van der Waals surface area contributed by atoms with Gasteiger partial charge in [0.15, 0.2) is 0 Å². The average Bonchev–Trinajstić information content (AvgIpc) is 2.47. The lowest BCUT2D eigenvalue weighted by Crippen LogP contribution is -2.37. The van der Waals surface area contributed by atoms with Crippen molar-refractivity contribution in [3.05, 3.63) is 47.2 Å². The monoisotopic (exact) mass is 282 g/mol. The Kier molecular flexibility index (Phi) is 3.69. The maximum atomic E-state index is 12.2. The van der Waals surface area contributed by atoms with Crippen LogP contribution in [-0.2, 0) is 9.59 Å². The van der Waals surface area contributed by atoms with Crippen LogP contribution in [0.3, 0.4) is 0 Å². The van der Waals surface area contributed by atoms with Crippen molar-refractivity contribution in [1.82, 2.24) is 5.32 Å². The number of rotatable bonds is 1. The maximum absolute atomic E-state index is 12.2. The molecule has 0 bridgehead atoms. The fourth-order valence-corrected chi connectivity index (χ4v) is 3.13. The zero-order valence-electron chi connectivity index (χ0n) is 12.1. The number of hydrogen-bond donors (Lipinski definition) is 1. The molecule has 0 aromatic heterocycles. The first-order valence-electron chi connectivity index (χ1n) is 7.37. The number of allylic oxidation sites excluding steroid dienone is 4. The molecule has 108 valence electrons. The lowest BCUT2D eigenvalue weighted by molar-refractivity contribution is -0.117. The molecule has 3 aliphatic rings. The first-order chi connectivity index (χ1) is 10.2. The van der Waals surface area contributed by atoms with Crippen LogP contribution in [0.15, 0.2) is 52.2 Å². The summed E-state index contributed by atoms with van der Waals surface area (Å²) in [5.74, 6) is -0.123. The summed E-state index contributed by atoms with van der Waals surface area (Å²) >= 11 is 0. The summed E-state index contributed by atoms with van der Waals surface area (Å²) in [6.45, 7) is 1.78. The molecule has 1 aliphatic heterocycles. The van der Waals surface area contributed by atoms with Gasteiger partial charge in [0, 0.05) is 23.3 Å². The van der Waals surface area contributed by atoms with Gasteiger partial charge in [-0.25, -0.2) is 4.99 Å². The van der Waals surface area contributed by atoms with Gasteiger partial charge in [0.25, 0.3) is 11.8 Å². The quantitative estimate of drug-likeness (QED) is 0.751. The van der Waals surface area contributed by atoms with E-state index in [1.807, 2.05) is 18.2 Å². The molecular weight excluding hydrogens is 264 g/mol. The number of carbonyl (C=O) groups excluding carboxylic acids is 2. The van der Waals surface area contributed by atoms with Crippen molar-refractivity contribution in [2.24, 2.45) is 10.9 Å². The summed E-state index contributed by atoms with van der Waals surface area (Å²) in [6.07, 6.45) is 12.9. The SMILES string of the molecule is C/C=C\C(=O)N=C1C=CC2C(=C1)NC(=O)C1=C2CCCC1. The zero-order chi connectivity index (χ0) is 14.8. The average molecular weight is 282 g/mol. The summed E-state index contributed by atoms with van der Waals surface area (Å²) in [7, 11) is 0. The number of aliphatic imine (C=N–C) groups is 1. The van der Waals surface area contributed by atoms with Gasteiger partial charge < -0.3 is 5.32 Å². The highest BCUT2D eigenvalue weighted by atomic mass is 16.2. The van der Waals surface area contributed by atoms with Gasteiger partial charge in [-0.05, 0) is 50.3 Å². The van der Waals surface area contributed by atoms with E-state index in [0.717, 1.165) is 37.0 Å². The molecule has 0 saturated carbocycles. The lowest BCUT2D eigenvalue weighted by Gasteiger charge is -2.33. The molecular formula is C17H18N2O2. The molecule has 0 radical (unpaired) electrons. The molecule has 4 nitrogen and oxygen atoms in total. The van der Waals surface area contributed by atoms with Gasteiger partial charge in [0.05, 0.1) is 5.71 Å². The summed E-state index contributed by atoms with van der Waals surface area (Å²) < 4.78 is 0. The second-order valence-corrected chi connectivity index (χ2v) is 5.48. The first kappa shape index (κ1) is 13.7. The van der Waals surface area contributed by atoms with Crippen LogP contribution in [0.2, 0.25) is 0 Å². The van der Waals surface area contributed by atoms with E-state index in [1.165, 1.54) is 11.6 Å². The standard InChI is InChI=1S/C17H18N2O2/c1-2-5-16(20)18-11-8-9-13-12-6-3-4-7-14(12)17(21)19-15(13)10-11/h2,5,8-10,13H,3-4,6-7H2,1H3,(H,19,21)/b5-2-,18-11?. The molecule has 4 heteroatoms. The van der Waals surface area contributed by atoms with Crippen molar-refractivity contribution in [2.45, 2.75) is 32.6 Å². The third kappa shape index (κ3) is 2.66. The second kappa shape index (κ2) is 5.64. The fourth-order valence-electron chi connectivity index (χ4n) is 3.13. The Morgan fingerprint density at radius 1 is 1.38 bits per heavy atom. The molecule has 0 spiro atoms. The van der Waals surface area contributed by atoms with Crippen LogP contribution < -0.4 is 5.32 Å². The Bertz CT molecular complexity index is 648. The number of nitrogens with one attached hydrogen (secondary N) is 1. The second-order valence-electron chi connectivity index (χ2n) is 5.48. The first-order valence-corrected chi connectivity index (χ1v) is 7.37. The Morgan fingerprint density at radius 2 is 2.19 bits per heavy atom. The summed E-state index contributed by atoms with van der Waals surface area (Å²) in [6, 6.07) is 0.